The van der Waals surface area contributed by atoms with Gasteiger partial charge in [0.05, 0.1) is 5.25 Å². The maximum atomic E-state index is 12.5. The lowest BCUT2D eigenvalue weighted by atomic mass is 9.95. The minimum absolute atomic E-state index is 0.222. The van der Waals surface area contributed by atoms with E-state index in [0.29, 0.717) is 11.0 Å². The highest BCUT2D eigenvalue weighted by Crippen LogP contribution is 2.34. The van der Waals surface area contributed by atoms with Gasteiger partial charge in [-0.25, -0.2) is 0 Å². The summed E-state index contributed by atoms with van der Waals surface area (Å²) in [6, 6.07) is 0. The van der Waals surface area contributed by atoms with Gasteiger partial charge in [0.15, 0.2) is 5.78 Å². The molecule has 1 heterocycles. The fraction of sp³-hybridized carbons (Fsp3) is 0.786. The van der Waals surface area contributed by atoms with Crippen molar-refractivity contribution in [3.63, 3.8) is 0 Å². The van der Waals surface area contributed by atoms with Crippen LogP contribution >= 0.6 is 23.5 Å². The zero-order valence-corrected chi connectivity index (χ0v) is 12.2. The van der Waals surface area contributed by atoms with E-state index >= 15 is 0 Å². The van der Waals surface area contributed by atoms with Crippen LogP contribution in [0.4, 0.5) is 0 Å². The van der Waals surface area contributed by atoms with Crippen LogP contribution in [0.2, 0.25) is 0 Å². The lowest BCUT2D eigenvalue weighted by Crippen LogP contribution is -2.32. The third-order valence-electron chi connectivity index (χ3n) is 3.55. The second kappa shape index (κ2) is 6.89. The maximum Gasteiger partial charge on any atom is 0.172 e. The zero-order chi connectivity index (χ0) is 12.1. The van der Waals surface area contributed by atoms with Crippen molar-refractivity contribution >= 4 is 29.3 Å². The van der Waals surface area contributed by atoms with E-state index in [1.165, 1.54) is 31.4 Å². The molecule has 0 saturated carbocycles. The maximum absolute atomic E-state index is 12.5. The topological polar surface area (TPSA) is 17.1 Å². The van der Waals surface area contributed by atoms with Crippen molar-refractivity contribution in [3.05, 3.63) is 11.6 Å². The first-order valence-electron chi connectivity index (χ1n) is 6.75. The van der Waals surface area contributed by atoms with Gasteiger partial charge in [0.2, 0.25) is 0 Å². The Labute approximate surface area is 113 Å². The molecule has 0 aromatic carbocycles. The van der Waals surface area contributed by atoms with Gasteiger partial charge in [-0.2, -0.15) is 11.8 Å². The molecule has 1 aliphatic carbocycles. The van der Waals surface area contributed by atoms with Crippen LogP contribution in [0.15, 0.2) is 11.6 Å². The standard InChI is InChI=1S/C14H22OS2/c1-11-14(17-10-9-16-11)13(15)12-7-5-3-2-4-6-8-12/h7,11,14H,2-6,8-10H2,1H3. The normalized spacial score (nSPS) is 31.2. The Hall–Kier alpha value is 0.110. The van der Waals surface area contributed by atoms with Crippen molar-refractivity contribution in [2.45, 2.75) is 55.9 Å². The number of thioether (sulfide) groups is 2. The summed E-state index contributed by atoms with van der Waals surface area (Å²) < 4.78 is 0. The summed E-state index contributed by atoms with van der Waals surface area (Å²) >= 11 is 3.83. The largest absolute Gasteiger partial charge is 0.293 e. The van der Waals surface area contributed by atoms with E-state index in [1.807, 2.05) is 23.5 Å². The van der Waals surface area contributed by atoms with Crippen molar-refractivity contribution in [1.82, 2.24) is 0 Å². The summed E-state index contributed by atoms with van der Waals surface area (Å²) in [6.07, 6.45) is 9.46. The predicted octanol–water partition coefficient (Wildman–Crippen LogP) is 4.07. The van der Waals surface area contributed by atoms with Gasteiger partial charge in [0.25, 0.3) is 0 Å². The number of carbonyl (C=O) groups is 1. The molecule has 0 N–H and O–H groups in total. The molecule has 3 heteroatoms. The minimum Gasteiger partial charge on any atom is -0.293 e. The molecule has 2 aliphatic rings. The smallest absolute Gasteiger partial charge is 0.172 e. The summed E-state index contributed by atoms with van der Waals surface area (Å²) in [4.78, 5) is 12.5. The summed E-state index contributed by atoms with van der Waals surface area (Å²) in [5, 5.41) is 0.715. The van der Waals surface area contributed by atoms with Crippen LogP contribution < -0.4 is 0 Å². The minimum atomic E-state index is 0.222. The lowest BCUT2D eigenvalue weighted by Gasteiger charge is -2.27. The van der Waals surface area contributed by atoms with Crippen LogP contribution in [0.1, 0.15) is 45.4 Å². The molecule has 2 atom stereocenters. The first-order valence-corrected chi connectivity index (χ1v) is 8.85. The van der Waals surface area contributed by atoms with Crippen LogP contribution in [0.3, 0.4) is 0 Å². The van der Waals surface area contributed by atoms with Gasteiger partial charge in [-0.05, 0) is 31.3 Å². The fourth-order valence-electron chi connectivity index (χ4n) is 2.52. The third kappa shape index (κ3) is 3.78. The molecule has 0 aromatic heterocycles. The van der Waals surface area contributed by atoms with Gasteiger partial charge in [0, 0.05) is 16.8 Å². The Morgan fingerprint density at radius 1 is 1.18 bits per heavy atom. The Bertz CT molecular complexity index is 299. The van der Waals surface area contributed by atoms with Crippen molar-refractivity contribution in [2.75, 3.05) is 11.5 Å². The van der Waals surface area contributed by atoms with Crippen LogP contribution in [0, 0.1) is 0 Å². The molecule has 0 aromatic rings. The van der Waals surface area contributed by atoms with Crippen molar-refractivity contribution in [3.8, 4) is 0 Å². The zero-order valence-electron chi connectivity index (χ0n) is 10.6. The fourth-order valence-corrected chi connectivity index (χ4v) is 5.26. The van der Waals surface area contributed by atoms with Gasteiger partial charge < -0.3 is 0 Å². The molecule has 0 radical (unpaired) electrons. The van der Waals surface area contributed by atoms with Crippen LogP contribution in [-0.2, 0) is 4.79 Å². The molecule has 2 rings (SSSR count). The van der Waals surface area contributed by atoms with E-state index in [0.717, 1.165) is 24.2 Å². The average Bonchev–Trinajstić information content (AvgIpc) is 2.28. The first kappa shape index (κ1) is 13.5. The molecule has 0 spiro atoms. The van der Waals surface area contributed by atoms with Crippen molar-refractivity contribution in [1.29, 1.82) is 0 Å². The SMILES string of the molecule is CC1SCCSC1C(=O)C1=CCCCCCC1. The number of Topliss-reactive ketones (excluding diaryl/α,β-unsaturated/α-hetero) is 1. The number of hydrogen-bond donors (Lipinski definition) is 0. The molecule has 96 valence electrons. The second-order valence-corrected chi connectivity index (χ2v) is 7.65. The second-order valence-electron chi connectivity index (χ2n) is 4.91. The van der Waals surface area contributed by atoms with Crippen LogP contribution in [-0.4, -0.2) is 27.8 Å². The molecule has 1 saturated heterocycles. The average molecular weight is 270 g/mol. The molecule has 0 amide bonds. The first-order chi connectivity index (χ1) is 8.29. The summed E-state index contributed by atoms with van der Waals surface area (Å²) in [5.41, 5.74) is 1.14. The van der Waals surface area contributed by atoms with E-state index in [-0.39, 0.29) is 5.25 Å². The van der Waals surface area contributed by atoms with E-state index in [4.69, 9.17) is 0 Å². The van der Waals surface area contributed by atoms with Crippen LogP contribution in [0.5, 0.6) is 0 Å². The van der Waals surface area contributed by atoms with E-state index in [9.17, 15) is 4.79 Å². The van der Waals surface area contributed by atoms with Gasteiger partial charge in [-0.1, -0.05) is 25.8 Å². The number of ketones is 1. The Morgan fingerprint density at radius 2 is 1.94 bits per heavy atom. The monoisotopic (exact) mass is 270 g/mol. The number of hydrogen-bond acceptors (Lipinski definition) is 3. The Morgan fingerprint density at radius 3 is 2.76 bits per heavy atom. The van der Waals surface area contributed by atoms with Gasteiger partial charge in [-0.15, -0.1) is 11.8 Å². The quantitative estimate of drug-likeness (QED) is 0.753. The van der Waals surface area contributed by atoms with E-state index in [1.54, 1.807) is 0 Å². The summed E-state index contributed by atoms with van der Waals surface area (Å²) in [6.45, 7) is 2.21. The molecule has 1 nitrogen and oxygen atoms in total. The number of carbonyl (C=O) groups excluding carboxylic acids is 1. The molecular formula is C14H22OS2. The van der Waals surface area contributed by atoms with Crippen LogP contribution in [0.25, 0.3) is 0 Å². The van der Waals surface area contributed by atoms with Crippen molar-refractivity contribution in [2.24, 2.45) is 0 Å². The molecular weight excluding hydrogens is 248 g/mol. The van der Waals surface area contributed by atoms with Gasteiger partial charge in [-0.3, -0.25) is 4.79 Å². The molecule has 1 fully saturated rings. The van der Waals surface area contributed by atoms with Gasteiger partial charge >= 0.3 is 0 Å². The van der Waals surface area contributed by atoms with E-state index < -0.39 is 0 Å². The predicted molar refractivity (Wildman–Crippen MR) is 79.0 cm³/mol. The Balaban J connectivity index is 2.01. The lowest BCUT2D eigenvalue weighted by molar-refractivity contribution is -0.115. The van der Waals surface area contributed by atoms with Gasteiger partial charge in [0.1, 0.15) is 0 Å². The highest BCUT2D eigenvalue weighted by Gasteiger charge is 2.30. The van der Waals surface area contributed by atoms with E-state index in [2.05, 4.69) is 13.0 Å². The highest BCUT2D eigenvalue weighted by molar-refractivity contribution is 8.07. The number of allylic oxidation sites excluding steroid dienone is 2. The molecule has 2 unspecified atom stereocenters. The molecule has 1 aliphatic heterocycles. The molecule has 0 bridgehead atoms. The Kier molecular flexibility index (Phi) is 5.49. The summed E-state index contributed by atoms with van der Waals surface area (Å²) in [5.74, 6) is 2.78. The summed E-state index contributed by atoms with van der Waals surface area (Å²) in [7, 11) is 0. The molecule has 17 heavy (non-hydrogen) atoms. The van der Waals surface area contributed by atoms with Crippen molar-refractivity contribution < 1.29 is 4.79 Å². The third-order valence-corrected chi connectivity index (χ3v) is 6.64. The number of rotatable bonds is 2. The highest BCUT2D eigenvalue weighted by atomic mass is 32.2.